The molecule has 0 saturated heterocycles. The van der Waals surface area contributed by atoms with Gasteiger partial charge in [0.2, 0.25) is 0 Å². The molecule has 0 atom stereocenters. The fourth-order valence-electron chi connectivity index (χ4n) is 3.21. The van der Waals surface area contributed by atoms with Gasteiger partial charge in [-0.05, 0) is 54.1 Å². The van der Waals surface area contributed by atoms with Crippen molar-refractivity contribution in [3.05, 3.63) is 103 Å². The average molecular weight is 478 g/mol. The highest BCUT2D eigenvalue weighted by Crippen LogP contribution is 2.25. The number of benzene rings is 3. The Morgan fingerprint density at radius 1 is 1.06 bits per heavy atom. The minimum absolute atomic E-state index is 0.0116. The summed E-state index contributed by atoms with van der Waals surface area (Å²) in [4.78, 5) is 28.5. The third-order valence-corrected chi connectivity index (χ3v) is 5.20. The van der Waals surface area contributed by atoms with Crippen LogP contribution >= 0.6 is 15.9 Å². The SMILES string of the molecule is COc1ccccc1-n1c(C=Cc2ccc([N+](=O)[O-])cc2)nc2ccc(Br)cc2c1=O. The van der Waals surface area contributed by atoms with Crippen LogP contribution in [0, 0.1) is 10.1 Å². The number of halogens is 1. The summed E-state index contributed by atoms with van der Waals surface area (Å²) in [6, 6.07) is 18.7. The molecule has 3 aromatic carbocycles. The first-order valence-electron chi connectivity index (χ1n) is 9.26. The van der Waals surface area contributed by atoms with E-state index in [-0.39, 0.29) is 11.2 Å². The first-order chi connectivity index (χ1) is 15.0. The van der Waals surface area contributed by atoms with E-state index in [0.717, 1.165) is 10.0 Å². The van der Waals surface area contributed by atoms with E-state index < -0.39 is 4.92 Å². The van der Waals surface area contributed by atoms with E-state index >= 15 is 0 Å². The van der Waals surface area contributed by atoms with Crippen molar-refractivity contribution in [3.8, 4) is 11.4 Å². The number of rotatable bonds is 5. The van der Waals surface area contributed by atoms with Crippen molar-refractivity contribution >= 4 is 44.7 Å². The Bertz CT molecular complexity index is 1380. The van der Waals surface area contributed by atoms with Crippen LogP contribution in [-0.2, 0) is 0 Å². The molecule has 0 fully saturated rings. The average Bonchev–Trinajstić information content (AvgIpc) is 2.78. The molecule has 7 nitrogen and oxygen atoms in total. The van der Waals surface area contributed by atoms with Gasteiger partial charge in [-0.25, -0.2) is 4.98 Å². The third-order valence-electron chi connectivity index (χ3n) is 4.71. The summed E-state index contributed by atoms with van der Waals surface area (Å²) in [5, 5.41) is 11.3. The Morgan fingerprint density at radius 3 is 2.52 bits per heavy atom. The highest BCUT2D eigenvalue weighted by atomic mass is 79.9. The second-order valence-electron chi connectivity index (χ2n) is 6.63. The fourth-order valence-corrected chi connectivity index (χ4v) is 3.57. The number of nitro benzene ring substituents is 1. The first kappa shape index (κ1) is 20.5. The predicted octanol–water partition coefficient (Wildman–Crippen LogP) is 5.24. The molecule has 0 spiro atoms. The normalized spacial score (nSPS) is 11.2. The quantitative estimate of drug-likeness (QED) is 0.289. The van der Waals surface area contributed by atoms with Crippen LogP contribution < -0.4 is 10.3 Å². The molecule has 0 aliphatic carbocycles. The number of fused-ring (bicyclic) bond motifs is 1. The van der Waals surface area contributed by atoms with Crippen molar-refractivity contribution in [2.75, 3.05) is 7.11 Å². The van der Waals surface area contributed by atoms with Gasteiger partial charge >= 0.3 is 0 Å². The van der Waals surface area contributed by atoms with Gasteiger partial charge in [-0.1, -0.05) is 34.1 Å². The number of para-hydroxylation sites is 2. The van der Waals surface area contributed by atoms with Gasteiger partial charge in [-0.3, -0.25) is 19.5 Å². The van der Waals surface area contributed by atoms with Gasteiger partial charge in [-0.15, -0.1) is 0 Å². The van der Waals surface area contributed by atoms with Gasteiger partial charge < -0.3 is 4.74 Å². The van der Waals surface area contributed by atoms with Crippen LogP contribution in [0.1, 0.15) is 11.4 Å². The molecule has 154 valence electrons. The molecule has 0 aliphatic rings. The lowest BCUT2D eigenvalue weighted by molar-refractivity contribution is -0.384. The standard InChI is InChI=1S/C23H16BrN3O4/c1-31-21-5-3-2-4-20(21)26-22(13-8-15-6-10-17(11-7-15)27(29)30)25-19-12-9-16(24)14-18(19)23(26)28/h2-14H,1H3. The van der Waals surface area contributed by atoms with E-state index in [0.29, 0.717) is 28.2 Å². The Kier molecular flexibility index (Phi) is 5.64. The van der Waals surface area contributed by atoms with E-state index in [1.807, 2.05) is 18.2 Å². The van der Waals surface area contributed by atoms with Crippen molar-refractivity contribution in [1.29, 1.82) is 0 Å². The Morgan fingerprint density at radius 2 is 1.81 bits per heavy atom. The zero-order valence-electron chi connectivity index (χ0n) is 16.4. The number of aromatic nitrogens is 2. The van der Waals surface area contributed by atoms with Crippen LogP contribution in [0.3, 0.4) is 0 Å². The van der Waals surface area contributed by atoms with E-state index in [4.69, 9.17) is 4.74 Å². The van der Waals surface area contributed by atoms with E-state index in [9.17, 15) is 14.9 Å². The first-order valence-corrected chi connectivity index (χ1v) is 10.1. The van der Waals surface area contributed by atoms with Gasteiger partial charge in [0.15, 0.2) is 0 Å². The fraction of sp³-hybridized carbons (Fsp3) is 0.0435. The van der Waals surface area contributed by atoms with Crippen LogP contribution in [0.25, 0.3) is 28.7 Å². The van der Waals surface area contributed by atoms with Gasteiger partial charge in [0.05, 0.1) is 28.6 Å². The maximum absolute atomic E-state index is 13.4. The van der Waals surface area contributed by atoms with Gasteiger partial charge in [0.25, 0.3) is 11.2 Å². The van der Waals surface area contributed by atoms with Crippen molar-refractivity contribution in [3.63, 3.8) is 0 Å². The molecule has 4 rings (SSSR count). The molecule has 0 N–H and O–H groups in total. The van der Waals surface area contributed by atoms with Crippen LogP contribution in [-0.4, -0.2) is 21.6 Å². The largest absolute Gasteiger partial charge is 0.495 e. The lowest BCUT2D eigenvalue weighted by atomic mass is 10.2. The minimum Gasteiger partial charge on any atom is -0.495 e. The maximum Gasteiger partial charge on any atom is 0.269 e. The van der Waals surface area contributed by atoms with Gasteiger partial charge in [0, 0.05) is 16.6 Å². The van der Waals surface area contributed by atoms with Crippen molar-refractivity contribution in [2.45, 2.75) is 0 Å². The van der Waals surface area contributed by atoms with Gasteiger partial charge in [-0.2, -0.15) is 0 Å². The molecular weight excluding hydrogens is 462 g/mol. The number of hydrogen-bond donors (Lipinski definition) is 0. The molecular formula is C23H16BrN3O4. The molecule has 0 saturated carbocycles. The van der Waals surface area contributed by atoms with Crippen LogP contribution in [0.2, 0.25) is 0 Å². The van der Waals surface area contributed by atoms with Crippen molar-refractivity contribution in [2.24, 2.45) is 0 Å². The Labute approximate surface area is 185 Å². The van der Waals surface area contributed by atoms with E-state index in [2.05, 4.69) is 20.9 Å². The van der Waals surface area contributed by atoms with Crippen molar-refractivity contribution in [1.82, 2.24) is 9.55 Å². The Hall–Kier alpha value is -3.78. The highest BCUT2D eigenvalue weighted by molar-refractivity contribution is 9.10. The molecule has 31 heavy (non-hydrogen) atoms. The summed E-state index contributed by atoms with van der Waals surface area (Å²) >= 11 is 3.41. The maximum atomic E-state index is 13.4. The number of nitrogens with zero attached hydrogens (tertiary/aromatic N) is 3. The summed E-state index contributed by atoms with van der Waals surface area (Å²) < 4.78 is 7.73. The number of methoxy groups -OCH3 is 1. The summed E-state index contributed by atoms with van der Waals surface area (Å²) in [6.07, 6.45) is 3.46. The second kappa shape index (κ2) is 8.53. The second-order valence-corrected chi connectivity index (χ2v) is 7.54. The molecule has 0 amide bonds. The number of non-ortho nitro benzene ring substituents is 1. The summed E-state index contributed by atoms with van der Waals surface area (Å²) in [5.74, 6) is 0.938. The zero-order chi connectivity index (χ0) is 22.0. The lowest BCUT2D eigenvalue weighted by Gasteiger charge is -2.14. The Balaban J connectivity index is 1.92. The number of nitro groups is 1. The van der Waals surface area contributed by atoms with Crippen LogP contribution in [0.5, 0.6) is 5.75 Å². The molecule has 0 unspecified atom stereocenters. The van der Waals surface area contributed by atoms with Crippen LogP contribution in [0.4, 0.5) is 5.69 Å². The summed E-state index contributed by atoms with van der Waals surface area (Å²) in [6.45, 7) is 0. The molecule has 0 radical (unpaired) electrons. The van der Waals surface area contributed by atoms with Crippen molar-refractivity contribution < 1.29 is 9.66 Å². The predicted molar refractivity (Wildman–Crippen MR) is 124 cm³/mol. The number of hydrogen-bond acceptors (Lipinski definition) is 5. The molecule has 0 bridgehead atoms. The topological polar surface area (TPSA) is 87.3 Å². The molecule has 1 aromatic heterocycles. The van der Waals surface area contributed by atoms with E-state index in [1.165, 1.54) is 16.7 Å². The summed E-state index contributed by atoms with van der Waals surface area (Å²) in [5.41, 5.74) is 1.63. The lowest BCUT2D eigenvalue weighted by Crippen LogP contribution is -2.22. The van der Waals surface area contributed by atoms with E-state index in [1.54, 1.807) is 55.7 Å². The molecule has 0 aliphatic heterocycles. The smallest absolute Gasteiger partial charge is 0.269 e. The molecule has 8 heteroatoms. The highest BCUT2D eigenvalue weighted by Gasteiger charge is 2.15. The minimum atomic E-state index is -0.449. The molecule has 4 aromatic rings. The zero-order valence-corrected chi connectivity index (χ0v) is 17.9. The third kappa shape index (κ3) is 4.10. The monoisotopic (exact) mass is 477 g/mol. The van der Waals surface area contributed by atoms with Crippen LogP contribution in [0.15, 0.2) is 76.0 Å². The number of ether oxygens (including phenoxy) is 1. The summed E-state index contributed by atoms with van der Waals surface area (Å²) in [7, 11) is 1.54. The van der Waals surface area contributed by atoms with Gasteiger partial charge in [0.1, 0.15) is 11.6 Å². The molecule has 1 heterocycles.